The molecule has 0 bridgehead atoms. The van der Waals surface area contributed by atoms with Gasteiger partial charge in [0.2, 0.25) is 5.91 Å². The molecule has 0 unspecified atom stereocenters. The summed E-state index contributed by atoms with van der Waals surface area (Å²) in [5, 5.41) is 8.96. The lowest BCUT2D eigenvalue weighted by Crippen LogP contribution is -2.46. The smallest absolute Gasteiger partial charge is 0.318 e. The molecule has 0 aliphatic carbocycles. The number of carboxylic acids is 1. The number of thioether (sulfide) groups is 1. The Morgan fingerprint density at radius 2 is 1.93 bits per heavy atom. The van der Waals surface area contributed by atoms with Gasteiger partial charge in [-0.3, -0.25) is 9.59 Å². The summed E-state index contributed by atoms with van der Waals surface area (Å²) in [5.74, 6) is 0.639. The second-order valence-electron chi connectivity index (χ2n) is 4.19. The predicted molar refractivity (Wildman–Crippen MR) is 59.9 cm³/mol. The van der Waals surface area contributed by atoms with Crippen molar-refractivity contribution >= 4 is 23.6 Å². The number of amides is 1. The van der Waals surface area contributed by atoms with E-state index < -0.39 is 11.4 Å². The van der Waals surface area contributed by atoms with Crippen LogP contribution in [-0.2, 0) is 9.59 Å². The maximum atomic E-state index is 11.9. The molecule has 1 rings (SSSR count). The molecular weight excluding hydrogens is 214 g/mol. The fourth-order valence-corrected chi connectivity index (χ4v) is 2.32. The predicted octanol–water partition coefficient (Wildman–Crippen LogP) is 1.06. The van der Waals surface area contributed by atoms with Crippen LogP contribution >= 0.6 is 11.8 Å². The van der Waals surface area contributed by atoms with Gasteiger partial charge in [0.1, 0.15) is 5.41 Å². The number of aliphatic carboxylic acids is 1. The molecule has 1 amide bonds. The number of carbonyl (C=O) groups is 2. The molecule has 1 N–H and O–H groups in total. The summed E-state index contributed by atoms with van der Waals surface area (Å²) in [7, 11) is 0. The van der Waals surface area contributed by atoms with Crippen molar-refractivity contribution in [2.75, 3.05) is 24.6 Å². The second-order valence-corrected chi connectivity index (χ2v) is 5.41. The SMILES string of the molecule is CC(C)(C(=O)O)C(=O)N1CCCSCC1. The normalized spacial score (nSPS) is 18.4. The number of carbonyl (C=O) groups excluding carboxylic acids is 1. The van der Waals surface area contributed by atoms with Crippen LogP contribution < -0.4 is 0 Å². The molecule has 0 atom stereocenters. The van der Waals surface area contributed by atoms with Gasteiger partial charge in [0.25, 0.3) is 0 Å². The average molecular weight is 231 g/mol. The van der Waals surface area contributed by atoms with Gasteiger partial charge in [-0.25, -0.2) is 0 Å². The molecule has 0 radical (unpaired) electrons. The van der Waals surface area contributed by atoms with E-state index in [1.165, 1.54) is 13.8 Å². The highest BCUT2D eigenvalue weighted by molar-refractivity contribution is 7.99. The van der Waals surface area contributed by atoms with Crippen LogP contribution in [0.2, 0.25) is 0 Å². The first-order valence-corrected chi connectivity index (χ1v) is 6.22. The largest absolute Gasteiger partial charge is 0.480 e. The summed E-state index contributed by atoms with van der Waals surface area (Å²) in [6.45, 7) is 4.29. The van der Waals surface area contributed by atoms with E-state index in [9.17, 15) is 9.59 Å². The molecule has 0 saturated carbocycles. The van der Waals surface area contributed by atoms with E-state index in [1.54, 1.807) is 4.90 Å². The van der Waals surface area contributed by atoms with Crippen molar-refractivity contribution in [2.24, 2.45) is 5.41 Å². The lowest BCUT2D eigenvalue weighted by Gasteiger charge is -2.27. The fourth-order valence-electron chi connectivity index (χ4n) is 1.44. The Morgan fingerprint density at radius 3 is 2.53 bits per heavy atom. The molecule has 1 saturated heterocycles. The summed E-state index contributed by atoms with van der Waals surface area (Å²) in [6.07, 6.45) is 0.951. The van der Waals surface area contributed by atoms with Gasteiger partial charge < -0.3 is 10.0 Å². The second kappa shape index (κ2) is 4.88. The van der Waals surface area contributed by atoms with Crippen LogP contribution in [0.1, 0.15) is 20.3 Å². The molecule has 0 aromatic rings. The third kappa shape index (κ3) is 2.87. The summed E-state index contributed by atoms with van der Waals surface area (Å²) in [5.41, 5.74) is -1.30. The van der Waals surface area contributed by atoms with Crippen molar-refractivity contribution in [3.8, 4) is 0 Å². The van der Waals surface area contributed by atoms with Crippen molar-refractivity contribution in [3.05, 3.63) is 0 Å². The number of nitrogens with zero attached hydrogens (tertiary/aromatic N) is 1. The Kier molecular flexibility index (Phi) is 4.02. The van der Waals surface area contributed by atoms with Gasteiger partial charge >= 0.3 is 5.97 Å². The van der Waals surface area contributed by atoms with Gasteiger partial charge in [-0.15, -0.1) is 0 Å². The van der Waals surface area contributed by atoms with Crippen molar-refractivity contribution in [1.82, 2.24) is 4.90 Å². The van der Waals surface area contributed by atoms with E-state index in [0.29, 0.717) is 13.1 Å². The third-order valence-electron chi connectivity index (χ3n) is 2.58. The maximum Gasteiger partial charge on any atom is 0.318 e. The maximum absolute atomic E-state index is 11.9. The number of hydrogen-bond acceptors (Lipinski definition) is 3. The molecule has 0 aromatic carbocycles. The topological polar surface area (TPSA) is 57.6 Å². The minimum atomic E-state index is -1.30. The van der Waals surface area contributed by atoms with Crippen LogP contribution in [0.15, 0.2) is 0 Å². The zero-order chi connectivity index (χ0) is 11.5. The van der Waals surface area contributed by atoms with E-state index in [0.717, 1.165) is 17.9 Å². The van der Waals surface area contributed by atoms with Gasteiger partial charge in [0.15, 0.2) is 0 Å². The fraction of sp³-hybridized carbons (Fsp3) is 0.800. The van der Waals surface area contributed by atoms with E-state index in [2.05, 4.69) is 0 Å². The monoisotopic (exact) mass is 231 g/mol. The zero-order valence-electron chi connectivity index (χ0n) is 9.15. The van der Waals surface area contributed by atoms with Crippen molar-refractivity contribution in [2.45, 2.75) is 20.3 Å². The number of carboxylic acid groups (broad SMARTS) is 1. The molecular formula is C10H17NO3S. The molecule has 1 fully saturated rings. The summed E-state index contributed by atoms with van der Waals surface area (Å²) >= 11 is 1.81. The first-order chi connectivity index (χ1) is 6.96. The highest BCUT2D eigenvalue weighted by Gasteiger charge is 2.39. The van der Waals surface area contributed by atoms with Crippen molar-refractivity contribution < 1.29 is 14.7 Å². The average Bonchev–Trinajstić information content (AvgIpc) is 2.44. The van der Waals surface area contributed by atoms with E-state index >= 15 is 0 Å². The van der Waals surface area contributed by atoms with Crippen LogP contribution in [0.4, 0.5) is 0 Å². The van der Waals surface area contributed by atoms with Crippen LogP contribution in [0, 0.1) is 5.41 Å². The molecule has 1 aliphatic heterocycles. The Balaban J connectivity index is 2.69. The highest BCUT2D eigenvalue weighted by atomic mass is 32.2. The molecule has 86 valence electrons. The summed E-state index contributed by atoms with van der Waals surface area (Å²) in [6, 6.07) is 0. The van der Waals surface area contributed by atoms with Gasteiger partial charge in [-0.1, -0.05) is 0 Å². The Labute approximate surface area is 94.0 Å². The molecule has 1 aliphatic rings. The standard InChI is InChI=1S/C10H17NO3S/c1-10(2,9(13)14)8(12)11-4-3-6-15-7-5-11/h3-7H2,1-2H3,(H,13,14). The molecule has 1 heterocycles. The van der Waals surface area contributed by atoms with Crippen LogP contribution in [0.5, 0.6) is 0 Å². The molecule has 0 aromatic heterocycles. The summed E-state index contributed by atoms with van der Waals surface area (Å²) in [4.78, 5) is 24.6. The quantitative estimate of drug-likeness (QED) is 0.722. The highest BCUT2D eigenvalue weighted by Crippen LogP contribution is 2.21. The van der Waals surface area contributed by atoms with Gasteiger partial charge in [-0.05, 0) is 26.0 Å². The first kappa shape index (κ1) is 12.4. The van der Waals surface area contributed by atoms with Gasteiger partial charge in [-0.2, -0.15) is 11.8 Å². The molecule has 0 spiro atoms. The lowest BCUT2D eigenvalue weighted by molar-refractivity contribution is -0.158. The lowest BCUT2D eigenvalue weighted by atomic mass is 9.92. The van der Waals surface area contributed by atoms with E-state index in [-0.39, 0.29) is 5.91 Å². The van der Waals surface area contributed by atoms with E-state index in [4.69, 9.17) is 5.11 Å². The van der Waals surface area contributed by atoms with Gasteiger partial charge in [0.05, 0.1) is 0 Å². The Hall–Kier alpha value is -0.710. The molecule has 5 heteroatoms. The Bertz CT molecular complexity index is 257. The minimum Gasteiger partial charge on any atom is -0.480 e. The number of hydrogen-bond donors (Lipinski definition) is 1. The van der Waals surface area contributed by atoms with Crippen molar-refractivity contribution in [1.29, 1.82) is 0 Å². The van der Waals surface area contributed by atoms with Gasteiger partial charge in [0, 0.05) is 18.8 Å². The third-order valence-corrected chi connectivity index (χ3v) is 3.63. The molecule has 4 nitrogen and oxygen atoms in total. The summed E-state index contributed by atoms with van der Waals surface area (Å²) < 4.78 is 0. The van der Waals surface area contributed by atoms with Crippen LogP contribution in [0.3, 0.4) is 0 Å². The Morgan fingerprint density at radius 1 is 1.27 bits per heavy atom. The first-order valence-electron chi connectivity index (χ1n) is 5.07. The van der Waals surface area contributed by atoms with Crippen LogP contribution in [0.25, 0.3) is 0 Å². The van der Waals surface area contributed by atoms with Crippen LogP contribution in [-0.4, -0.2) is 46.5 Å². The zero-order valence-corrected chi connectivity index (χ0v) is 9.97. The van der Waals surface area contributed by atoms with Crippen molar-refractivity contribution in [3.63, 3.8) is 0 Å². The molecule has 15 heavy (non-hydrogen) atoms. The van der Waals surface area contributed by atoms with E-state index in [1.807, 2.05) is 11.8 Å². The number of rotatable bonds is 2. The minimum absolute atomic E-state index is 0.266.